The molecule has 0 aliphatic heterocycles. The Morgan fingerprint density at radius 1 is 1.21 bits per heavy atom. The van der Waals surface area contributed by atoms with E-state index in [1.165, 1.54) is 12.1 Å². The number of nitrogens with one attached hydrogen (secondary N) is 2. The van der Waals surface area contributed by atoms with Crippen molar-refractivity contribution in [2.24, 2.45) is 0 Å². The molecule has 0 bridgehead atoms. The summed E-state index contributed by atoms with van der Waals surface area (Å²) in [5.41, 5.74) is 1.60. The smallest absolute Gasteiger partial charge is 0.306 e. The molecule has 0 amide bonds. The van der Waals surface area contributed by atoms with Crippen LogP contribution < -0.4 is 5.69 Å². The summed E-state index contributed by atoms with van der Waals surface area (Å²) in [6.07, 6.45) is 0. The van der Waals surface area contributed by atoms with Crippen LogP contribution in [0.2, 0.25) is 0 Å². The first-order chi connectivity index (χ1) is 6.66. The molecule has 0 aliphatic rings. The highest BCUT2D eigenvalue weighted by atomic mass is 19.1. The number of imidazole rings is 1. The first kappa shape index (κ1) is 10.5. The maximum absolute atomic E-state index is 12.8. The van der Waals surface area contributed by atoms with Gasteiger partial charge in [-0.15, -0.1) is 0 Å². The van der Waals surface area contributed by atoms with Crippen LogP contribution in [0.25, 0.3) is 11.0 Å². The van der Waals surface area contributed by atoms with Gasteiger partial charge in [-0.1, -0.05) is 13.8 Å². The molecule has 0 spiro atoms. The fourth-order valence-electron chi connectivity index (χ4n) is 1.27. The van der Waals surface area contributed by atoms with Gasteiger partial charge in [-0.2, -0.15) is 0 Å². The highest BCUT2D eigenvalue weighted by molar-refractivity contribution is 5.77. The predicted octanol–water partition coefficient (Wildman–Crippen LogP) is 2.33. The predicted molar refractivity (Wildman–Crippen MR) is 55.0 cm³/mol. The highest BCUT2D eigenvalue weighted by Gasteiger charge is 2.02. The second-order valence-corrected chi connectivity index (χ2v) is 2.72. The van der Waals surface area contributed by atoms with Gasteiger partial charge < -0.3 is 9.97 Å². The van der Waals surface area contributed by atoms with E-state index in [4.69, 9.17) is 0 Å². The van der Waals surface area contributed by atoms with Gasteiger partial charge in [0.15, 0.2) is 0 Å². The molecule has 0 radical (unpaired) electrons. The lowest BCUT2D eigenvalue weighted by Gasteiger charge is -1.94. The zero-order valence-electron chi connectivity index (χ0n) is 8.44. The van der Waals surface area contributed by atoms with Crippen LogP contribution in [0.1, 0.15) is 19.4 Å². The molecule has 0 atom stereocenters. The van der Waals surface area contributed by atoms with Gasteiger partial charge in [0.25, 0.3) is 0 Å². The summed E-state index contributed by atoms with van der Waals surface area (Å²) >= 11 is 0. The van der Waals surface area contributed by atoms with Gasteiger partial charge in [-0.3, -0.25) is 0 Å². The van der Waals surface area contributed by atoms with Crippen molar-refractivity contribution in [3.8, 4) is 0 Å². The number of halogens is 1. The van der Waals surface area contributed by atoms with Crippen molar-refractivity contribution in [1.29, 1.82) is 0 Å². The lowest BCUT2D eigenvalue weighted by Crippen LogP contribution is -1.99. The Morgan fingerprint density at radius 3 is 2.50 bits per heavy atom. The molecule has 76 valence electrons. The number of benzene rings is 1. The van der Waals surface area contributed by atoms with Gasteiger partial charge in [0, 0.05) is 0 Å². The molecule has 14 heavy (non-hydrogen) atoms. The Kier molecular flexibility index (Phi) is 3.06. The second kappa shape index (κ2) is 4.09. The molecule has 0 saturated carbocycles. The number of rotatable bonds is 0. The van der Waals surface area contributed by atoms with E-state index >= 15 is 0 Å². The number of fused-ring (bicyclic) bond motifs is 1. The largest absolute Gasteiger partial charge is 0.323 e. The summed E-state index contributed by atoms with van der Waals surface area (Å²) in [6, 6.07) is 2.67. The van der Waals surface area contributed by atoms with Crippen molar-refractivity contribution in [3.05, 3.63) is 34.0 Å². The van der Waals surface area contributed by atoms with Crippen molar-refractivity contribution in [3.63, 3.8) is 0 Å². The van der Waals surface area contributed by atoms with E-state index in [0.717, 1.165) is 5.56 Å². The van der Waals surface area contributed by atoms with E-state index in [2.05, 4.69) is 9.97 Å². The van der Waals surface area contributed by atoms with Crippen LogP contribution in [0.3, 0.4) is 0 Å². The summed E-state index contributed by atoms with van der Waals surface area (Å²) in [5, 5.41) is 0. The van der Waals surface area contributed by atoms with E-state index in [9.17, 15) is 9.18 Å². The van der Waals surface area contributed by atoms with E-state index in [1.807, 2.05) is 13.8 Å². The van der Waals surface area contributed by atoms with Crippen molar-refractivity contribution < 1.29 is 4.39 Å². The number of aromatic nitrogens is 2. The number of H-pyrrole nitrogens is 2. The molecule has 1 aromatic carbocycles. The van der Waals surface area contributed by atoms with Crippen LogP contribution >= 0.6 is 0 Å². The molecule has 1 heterocycles. The molecule has 4 heteroatoms. The Balaban J connectivity index is 0.000000461. The van der Waals surface area contributed by atoms with Crippen molar-refractivity contribution in [2.75, 3.05) is 0 Å². The number of hydrogen-bond acceptors (Lipinski definition) is 1. The second-order valence-electron chi connectivity index (χ2n) is 2.72. The van der Waals surface area contributed by atoms with Crippen LogP contribution in [0.4, 0.5) is 4.39 Å². The third-order valence-electron chi connectivity index (χ3n) is 1.79. The maximum Gasteiger partial charge on any atom is 0.323 e. The monoisotopic (exact) mass is 196 g/mol. The van der Waals surface area contributed by atoms with E-state index < -0.39 is 0 Å². The van der Waals surface area contributed by atoms with Gasteiger partial charge in [0.2, 0.25) is 0 Å². The summed E-state index contributed by atoms with van der Waals surface area (Å²) in [4.78, 5) is 15.9. The molecule has 2 rings (SSSR count). The van der Waals surface area contributed by atoms with Gasteiger partial charge in [-0.05, 0) is 24.6 Å². The maximum atomic E-state index is 12.8. The zero-order chi connectivity index (χ0) is 10.7. The van der Waals surface area contributed by atoms with Crippen molar-refractivity contribution >= 4 is 11.0 Å². The Bertz CT molecular complexity index is 484. The minimum Gasteiger partial charge on any atom is -0.306 e. The van der Waals surface area contributed by atoms with Crippen LogP contribution in [0, 0.1) is 12.7 Å². The lowest BCUT2D eigenvalue weighted by molar-refractivity contribution is 0.628. The Hall–Kier alpha value is -1.58. The molecule has 2 aromatic rings. The van der Waals surface area contributed by atoms with Gasteiger partial charge in [-0.25, -0.2) is 9.18 Å². The minimum atomic E-state index is -0.338. The third-order valence-corrected chi connectivity index (χ3v) is 1.79. The Labute approximate surface area is 81.0 Å². The van der Waals surface area contributed by atoms with Gasteiger partial charge in [0.05, 0.1) is 11.0 Å². The average molecular weight is 196 g/mol. The molecule has 0 saturated heterocycles. The Morgan fingerprint density at radius 2 is 1.86 bits per heavy atom. The number of aryl methyl sites for hydroxylation is 1. The standard InChI is InChI=1S/C8H7FN2O.C2H6/c1-4-2-5(9)3-6-7(4)11-8(12)10-6;1-2/h2-3H,1H3,(H2,10,11,12);1-2H3. The van der Waals surface area contributed by atoms with Crippen LogP contribution in [0.15, 0.2) is 16.9 Å². The first-order valence-electron chi connectivity index (χ1n) is 4.55. The average Bonchev–Trinajstić information content (AvgIpc) is 2.49. The molecule has 1 aromatic heterocycles. The van der Waals surface area contributed by atoms with Gasteiger partial charge in [0.1, 0.15) is 5.82 Å². The normalized spacial score (nSPS) is 9.71. The number of aromatic amines is 2. The van der Waals surface area contributed by atoms with Crippen LogP contribution in [0.5, 0.6) is 0 Å². The van der Waals surface area contributed by atoms with Crippen LogP contribution in [-0.4, -0.2) is 9.97 Å². The third kappa shape index (κ3) is 1.84. The minimum absolute atomic E-state index is 0.307. The summed E-state index contributed by atoms with van der Waals surface area (Å²) < 4.78 is 12.8. The van der Waals surface area contributed by atoms with Crippen LogP contribution in [-0.2, 0) is 0 Å². The zero-order valence-corrected chi connectivity index (χ0v) is 8.44. The number of hydrogen-bond donors (Lipinski definition) is 2. The molecule has 0 unspecified atom stereocenters. The molecular formula is C10H13FN2O. The summed E-state index contributed by atoms with van der Waals surface area (Å²) in [7, 11) is 0. The van der Waals surface area contributed by atoms with E-state index in [0.29, 0.717) is 11.0 Å². The molecular weight excluding hydrogens is 183 g/mol. The summed E-state index contributed by atoms with van der Waals surface area (Å²) in [5.74, 6) is -0.338. The van der Waals surface area contributed by atoms with E-state index in [-0.39, 0.29) is 11.5 Å². The van der Waals surface area contributed by atoms with Crippen molar-refractivity contribution in [2.45, 2.75) is 20.8 Å². The fourth-order valence-corrected chi connectivity index (χ4v) is 1.27. The SMILES string of the molecule is CC.Cc1cc(F)cc2[nH]c(=O)[nH]c12. The molecule has 3 nitrogen and oxygen atoms in total. The van der Waals surface area contributed by atoms with Gasteiger partial charge >= 0.3 is 5.69 Å². The lowest BCUT2D eigenvalue weighted by atomic mass is 10.2. The quantitative estimate of drug-likeness (QED) is 0.667. The topological polar surface area (TPSA) is 48.6 Å². The van der Waals surface area contributed by atoms with E-state index in [1.54, 1.807) is 6.92 Å². The molecule has 0 fully saturated rings. The fraction of sp³-hybridized carbons (Fsp3) is 0.300. The first-order valence-corrected chi connectivity index (χ1v) is 4.55. The summed E-state index contributed by atoms with van der Waals surface area (Å²) in [6.45, 7) is 5.75. The molecule has 0 aliphatic carbocycles. The highest BCUT2D eigenvalue weighted by Crippen LogP contribution is 2.13. The molecule has 2 N–H and O–H groups in total. The van der Waals surface area contributed by atoms with Crippen molar-refractivity contribution in [1.82, 2.24) is 9.97 Å².